The van der Waals surface area contributed by atoms with Gasteiger partial charge in [-0.25, -0.2) is 0 Å². The molecule has 0 bridgehead atoms. The molecule has 0 aliphatic heterocycles. The maximum Gasteiger partial charge on any atom is 0.119 e. The molecule has 18 heavy (non-hydrogen) atoms. The summed E-state index contributed by atoms with van der Waals surface area (Å²) in [6.45, 7) is 3.09. The van der Waals surface area contributed by atoms with E-state index in [-0.39, 0.29) is 5.92 Å². The standard InChI is InChI=1S/C16H23NO/c1-6-13(12-17(3)4)16(7-2)14-9-8-10-15(11-14)18-5/h1,8-11,13,16H,7,12H2,2-5H3/t13-,16+/m0/s1. The molecule has 0 N–H and O–H groups in total. The van der Waals surface area contributed by atoms with Gasteiger partial charge in [-0.05, 0) is 44.1 Å². The summed E-state index contributed by atoms with van der Waals surface area (Å²) >= 11 is 0. The third kappa shape index (κ3) is 3.78. The van der Waals surface area contributed by atoms with E-state index in [1.54, 1.807) is 7.11 Å². The van der Waals surface area contributed by atoms with Crippen molar-refractivity contribution in [1.82, 2.24) is 4.90 Å². The number of benzene rings is 1. The fraction of sp³-hybridized carbons (Fsp3) is 0.500. The second kappa shape index (κ2) is 7.08. The van der Waals surface area contributed by atoms with Gasteiger partial charge in [-0.2, -0.15) is 0 Å². The van der Waals surface area contributed by atoms with Crippen LogP contribution < -0.4 is 4.74 Å². The molecule has 0 saturated carbocycles. The molecule has 0 saturated heterocycles. The van der Waals surface area contributed by atoms with E-state index in [9.17, 15) is 0 Å². The van der Waals surface area contributed by atoms with Gasteiger partial charge in [0.2, 0.25) is 0 Å². The van der Waals surface area contributed by atoms with E-state index >= 15 is 0 Å². The van der Waals surface area contributed by atoms with Crippen LogP contribution in [0.15, 0.2) is 24.3 Å². The van der Waals surface area contributed by atoms with Gasteiger partial charge in [0.05, 0.1) is 7.11 Å². The fourth-order valence-corrected chi connectivity index (χ4v) is 2.31. The zero-order valence-electron chi connectivity index (χ0n) is 11.8. The number of rotatable bonds is 6. The van der Waals surface area contributed by atoms with Crippen LogP contribution in [0.25, 0.3) is 0 Å². The predicted molar refractivity (Wildman–Crippen MR) is 76.9 cm³/mol. The lowest BCUT2D eigenvalue weighted by Crippen LogP contribution is -2.25. The van der Waals surface area contributed by atoms with E-state index in [0.717, 1.165) is 18.7 Å². The topological polar surface area (TPSA) is 12.5 Å². The minimum atomic E-state index is 0.233. The zero-order chi connectivity index (χ0) is 13.5. The molecule has 0 radical (unpaired) electrons. The number of ether oxygens (including phenoxy) is 1. The van der Waals surface area contributed by atoms with Gasteiger partial charge in [-0.15, -0.1) is 12.3 Å². The lowest BCUT2D eigenvalue weighted by molar-refractivity contribution is 0.331. The molecule has 0 aliphatic carbocycles. The predicted octanol–water partition coefficient (Wildman–Crippen LogP) is 3.00. The van der Waals surface area contributed by atoms with Crippen molar-refractivity contribution in [3.8, 4) is 18.1 Å². The van der Waals surface area contributed by atoms with E-state index < -0.39 is 0 Å². The summed E-state index contributed by atoms with van der Waals surface area (Å²) in [4.78, 5) is 2.15. The van der Waals surface area contributed by atoms with Crippen molar-refractivity contribution >= 4 is 0 Å². The van der Waals surface area contributed by atoms with Crippen LogP contribution >= 0.6 is 0 Å². The maximum absolute atomic E-state index is 5.70. The van der Waals surface area contributed by atoms with Crippen LogP contribution in [-0.2, 0) is 0 Å². The number of hydrogen-bond acceptors (Lipinski definition) is 2. The molecule has 1 rings (SSSR count). The van der Waals surface area contributed by atoms with Crippen LogP contribution in [0.1, 0.15) is 24.8 Å². The van der Waals surface area contributed by atoms with Crippen LogP contribution in [0.4, 0.5) is 0 Å². The van der Waals surface area contributed by atoms with Crippen molar-refractivity contribution in [3.63, 3.8) is 0 Å². The molecule has 2 nitrogen and oxygen atoms in total. The van der Waals surface area contributed by atoms with Gasteiger partial charge in [0, 0.05) is 12.5 Å². The van der Waals surface area contributed by atoms with Crippen molar-refractivity contribution in [1.29, 1.82) is 0 Å². The molecule has 1 aromatic carbocycles. The third-order valence-corrected chi connectivity index (χ3v) is 3.22. The smallest absolute Gasteiger partial charge is 0.119 e. The summed E-state index contributed by atoms with van der Waals surface area (Å²) in [7, 11) is 5.81. The Bertz CT molecular complexity index is 406. The Morgan fingerprint density at radius 2 is 2.11 bits per heavy atom. The summed E-state index contributed by atoms with van der Waals surface area (Å²) in [5, 5.41) is 0. The largest absolute Gasteiger partial charge is 0.497 e. The minimum absolute atomic E-state index is 0.233. The molecule has 0 aliphatic rings. The molecule has 2 atom stereocenters. The normalized spacial score (nSPS) is 14.0. The third-order valence-electron chi connectivity index (χ3n) is 3.22. The number of nitrogens with zero attached hydrogens (tertiary/aromatic N) is 1. The highest BCUT2D eigenvalue weighted by Gasteiger charge is 2.20. The van der Waals surface area contributed by atoms with Crippen molar-refractivity contribution in [2.45, 2.75) is 19.3 Å². The number of methoxy groups -OCH3 is 1. The minimum Gasteiger partial charge on any atom is -0.497 e. The van der Waals surface area contributed by atoms with Crippen LogP contribution in [-0.4, -0.2) is 32.6 Å². The lowest BCUT2D eigenvalue weighted by Gasteiger charge is -2.25. The van der Waals surface area contributed by atoms with E-state index in [1.807, 2.05) is 12.1 Å². The summed E-state index contributed by atoms with van der Waals surface area (Å²) in [6.07, 6.45) is 6.74. The summed E-state index contributed by atoms with van der Waals surface area (Å²) < 4.78 is 5.28. The second-order valence-electron chi connectivity index (χ2n) is 4.83. The van der Waals surface area contributed by atoms with Gasteiger partial charge in [-0.3, -0.25) is 0 Å². The first kappa shape index (κ1) is 14.6. The van der Waals surface area contributed by atoms with Gasteiger partial charge in [0.1, 0.15) is 5.75 Å². The molecular weight excluding hydrogens is 222 g/mol. The average molecular weight is 245 g/mol. The second-order valence-corrected chi connectivity index (χ2v) is 4.83. The van der Waals surface area contributed by atoms with Crippen LogP contribution in [0.2, 0.25) is 0 Å². The molecule has 0 fully saturated rings. The Morgan fingerprint density at radius 1 is 1.39 bits per heavy atom. The Kier molecular flexibility index (Phi) is 5.74. The maximum atomic E-state index is 5.70. The van der Waals surface area contributed by atoms with Gasteiger partial charge < -0.3 is 9.64 Å². The number of terminal acetylenes is 1. The van der Waals surface area contributed by atoms with Crippen LogP contribution in [0.5, 0.6) is 5.75 Å². The zero-order valence-corrected chi connectivity index (χ0v) is 11.8. The first-order chi connectivity index (χ1) is 8.62. The highest BCUT2D eigenvalue weighted by molar-refractivity contribution is 5.32. The highest BCUT2D eigenvalue weighted by atomic mass is 16.5. The summed E-state index contributed by atoms with van der Waals surface area (Å²) in [5.41, 5.74) is 1.27. The van der Waals surface area contributed by atoms with E-state index in [0.29, 0.717) is 5.92 Å². The quantitative estimate of drug-likeness (QED) is 0.714. The molecule has 0 amide bonds. The fourth-order valence-electron chi connectivity index (χ4n) is 2.31. The lowest BCUT2D eigenvalue weighted by atomic mass is 9.84. The molecular formula is C16H23NO. The monoisotopic (exact) mass is 245 g/mol. The Labute approximate surface area is 111 Å². The number of hydrogen-bond donors (Lipinski definition) is 0. The first-order valence-electron chi connectivity index (χ1n) is 6.37. The molecule has 98 valence electrons. The van der Waals surface area contributed by atoms with Gasteiger partial charge in [0.25, 0.3) is 0 Å². The summed E-state index contributed by atoms with van der Waals surface area (Å²) in [5.74, 6) is 4.45. The van der Waals surface area contributed by atoms with Gasteiger partial charge in [-0.1, -0.05) is 19.1 Å². The van der Waals surface area contributed by atoms with Crippen molar-refractivity contribution in [2.75, 3.05) is 27.7 Å². The van der Waals surface area contributed by atoms with E-state index in [2.05, 4.69) is 44.0 Å². The van der Waals surface area contributed by atoms with Gasteiger partial charge in [0.15, 0.2) is 0 Å². The first-order valence-corrected chi connectivity index (χ1v) is 6.37. The molecule has 1 aromatic rings. The Morgan fingerprint density at radius 3 is 2.61 bits per heavy atom. The Balaban J connectivity index is 2.96. The van der Waals surface area contributed by atoms with Crippen molar-refractivity contribution < 1.29 is 4.74 Å². The van der Waals surface area contributed by atoms with Gasteiger partial charge >= 0.3 is 0 Å². The molecule has 2 heteroatoms. The van der Waals surface area contributed by atoms with Crippen LogP contribution in [0, 0.1) is 18.3 Å². The van der Waals surface area contributed by atoms with E-state index in [4.69, 9.17) is 11.2 Å². The summed E-state index contributed by atoms with van der Waals surface area (Å²) in [6, 6.07) is 8.22. The SMILES string of the molecule is C#C[C@@H](CN(C)C)[C@@H](CC)c1cccc(OC)c1. The van der Waals surface area contributed by atoms with Crippen LogP contribution in [0.3, 0.4) is 0 Å². The Hall–Kier alpha value is -1.46. The average Bonchev–Trinajstić information content (AvgIpc) is 2.38. The van der Waals surface area contributed by atoms with Crippen molar-refractivity contribution in [2.24, 2.45) is 5.92 Å². The highest BCUT2D eigenvalue weighted by Crippen LogP contribution is 2.30. The molecule has 0 heterocycles. The molecule has 0 spiro atoms. The molecule has 0 aromatic heterocycles. The van der Waals surface area contributed by atoms with E-state index in [1.165, 1.54) is 5.56 Å². The van der Waals surface area contributed by atoms with Crippen molar-refractivity contribution in [3.05, 3.63) is 29.8 Å². The molecule has 0 unspecified atom stereocenters.